The van der Waals surface area contributed by atoms with Crippen LogP contribution in [0.15, 0.2) is 30.6 Å². The van der Waals surface area contributed by atoms with Gasteiger partial charge in [-0.2, -0.15) is 0 Å². The normalized spacial score (nSPS) is 19.6. The summed E-state index contributed by atoms with van der Waals surface area (Å²) in [7, 11) is 0. The standard InChI is InChI=1S/C25H29ClN8O/c1-2-3-11-27-16-4-6-18(7-5-16)31-23-14-20(30-17-8-9-17)24-29-15-21(34(24)33-23)25(35)32-19-10-12-28-22(26)13-19/h10,12-18,27,30H,4-9,11H2,1H3,(H,31,33)(H,28,32,35)/t16-,18-. The molecule has 0 aromatic carbocycles. The van der Waals surface area contributed by atoms with Crippen molar-refractivity contribution in [1.82, 2.24) is 24.9 Å². The SMILES string of the molecule is CC#CCN[C@H]1CC[C@H](Nc2cc(NC3CC3)c3ncc(C(=O)Nc4ccnc(Cl)c4)n3n2)CC1. The third-order valence-corrected chi connectivity index (χ3v) is 6.56. The highest BCUT2D eigenvalue weighted by atomic mass is 35.5. The van der Waals surface area contributed by atoms with Gasteiger partial charge < -0.3 is 21.3 Å². The topological polar surface area (TPSA) is 108 Å². The highest BCUT2D eigenvalue weighted by Crippen LogP contribution is 2.30. The Kier molecular flexibility index (Phi) is 7.02. The molecule has 0 unspecified atom stereocenters. The third-order valence-electron chi connectivity index (χ3n) is 6.36. The minimum Gasteiger partial charge on any atom is -0.379 e. The molecular weight excluding hydrogens is 464 g/mol. The Bertz CT molecular complexity index is 1270. The zero-order valence-corrected chi connectivity index (χ0v) is 20.4. The van der Waals surface area contributed by atoms with Gasteiger partial charge in [-0.3, -0.25) is 4.79 Å². The van der Waals surface area contributed by atoms with Crippen molar-refractivity contribution in [2.24, 2.45) is 0 Å². The summed E-state index contributed by atoms with van der Waals surface area (Å²) in [6.45, 7) is 2.60. The molecule has 35 heavy (non-hydrogen) atoms. The van der Waals surface area contributed by atoms with Crippen LogP contribution in [0.1, 0.15) is 55.9 Å². The van der Waals surface area contributed by atoms with Gasteiger partial charge in [-0.05, 0) is 57.6 Å². The molecule has 3 heterocycles. The summed E-state index contributed by atoms with van der Waals surface area (Å²) in [5, 5.41) is 18.6. The fraction of sp³-hybridized carbons (Fsp3) is 0.440. The molecule has 0 atom stereocenters. The van der Waals surface area contributed by atoms with Crippen LogP contribution < -0.4 is 21.3 Å². The maximum Gasteiger partial charge on any atom is 0.276 e. The van der Waals surface area contributed by atoms with E-state index in [0.29, 0.717) is 40.3 Å². The number of fused-ring (bicyclic) bond motifs is 1. The molecule has 0 radical (unpaired) electrons. The van der Waals surface area contributed by atoms with Crippen LogP contribution in [0.4, 0.5) is 17.2 Å². The highest BCUT2D eigenvalue weighted by Gasteiger charge is 2.25. The molecule has 3 aromatic heterocycles. The number of carbonyl (C=O) groups excluding carboxylic acids is 1. The van der Waals surface area contributed by atoms with Crippen LogP contribution in [0.25, 0.3) is 5.65 Å². The van der Waals surface area contributed by atoms with Crippen molar-refractivity contribution >= 4 is 40.3 Å². The van der Waals surface area contributed by atoms with Crippen molar-refractivity contribution in [3.63, 3.8) is 0 Å². The van der Waals surface area contributed by atoms with Crippen molar-refractivity contribution in [1.29, 1.82) is 0 Å². The lowest BCUT2D eigenvalue weighted by Crippen LogP contribution is -2.37. The molecule has 5 rings (SSSR count). The van der Waals surface area contributed by atoms with Gasteiger partial charge in [0.2, 0.25) is 0 Å². The molecule has 2 aliphatic carbocycles. The molecular formula is C25H29ClN8O. The number of carbonyl (C=O) groups is 1. The summed E-state index contributed by atoms with van der Waals surface area (Å²) < 4.78 is 1.61. The number of anilines is 3. The summed E-state index contributed by atoms with van der Waals surface area (Å²) in [5.74, 6) is 6.42. The fourth-order valence-corrected chi connectivity index (χ4v) is 4.53. The van der Waals surface area contributed by atoms with Crippen molar-refractivity contribution < 1.29 is 4.79 Å². The maximum atomic E-state index is 13.1. The van der Waals surface area contributed by atoms with E-state index in [1.54, 1.807) is 29.0 Å². The van der Waals surface area contributed by atoms with Gasteiger partial charge in [0.15, 0.2) is 11.3 Å². The van der Waals surface area contributed by atoms with E-state index in [4.69, 9.17) is 16.7 Å². The number of hydrogen-bond acceptors (Lipinski definition) is 7. The van der Waals surface area contributed by atoms with E-state index in [1.165, 1.54) is 0 Å². The van der Waals surface area contributed by atoms with E-state index in [0.717, 1.165) is 56.6 Å². The smallest absolute Gasteiger partial charge is 0.276 e. The van der Waals surface area contributed by atoms with E-state index < -0.39 is 0 Å². The van der Waals surface area contributed by atoms with Crippen molar-refractivity contribution in [2.75, 3.05) is 22.5 Å². The van der Waals surface area contributed by atoms with Crippen molar-refractivity contribution in [3.8, 4) is 11.8 Å². The van der Waals surface area contributed by atoms with Gasteiger partial charge in [-0.15, -0.1) is 11.0 Å². The van der Waals surface area contributed by atoms with Gasteiger partial charge in [0.1, 0.15) is 11.0 Å². The fourth-order valence-electron chi connectivity index (χ4n) is 4.36. The van der Waals surface area contributed by atoms with Crippen LogP contribution >= 0.6 is 11.6 Å². The lowest BCUT2D eigenvalue weighted by molar-refractivity contribution is 0.102. The first kappa shape index (κ1) is 23.4. The van der Waals surface area contributed by atoms with Crippen molar-refractivity contribution in [2.45, 2.75) is 63.6 Å². The van der Waals surface area contributed by atoms with Crippen LogP contribution in [0.5, 0.6) is 0 Å². The Hall–Kier alpha value is -3.35. The van der Waals surface area contributed by atoms with Gasteiger partial charge in [-0.25, -0.2) is 14.5 Å². The molecule has 9 nitrogen and oxygen atoms in total. The zero-order chi connectivity index (χ0) is 24.2. The summed E-state index contributed by atoms with van der Waals surface area (Å²) in [6.07, 6.45) is 9.63. The number of halogens is 1. The lowest BCUT2D eigenvalue weighted by atomic mass is 9.91. The first-order chi connectivity index (χ1) is 17.1. The maximum absolute atomic E-state index is 13.1. The largest absolute Gasteiger partial charge is 0.379 e. The predicted molar refractivity (Wildman–Crippen MR) is 138 cm³/mol. The van der Waals surface area contributed by atoms with E-state index in [1.807, 2.05) is 13.0 Å². The molecule has 4 N–H and O–H groups in total. The second-order valence-corrected chi connectivity index (χ2v) is 9.45. The number of pyridine rings is 1. The third kappa shape index (κ3) is 5.84. The van der Waals surface area contributed by atoms with E-state index >= 15 is 0 Å². The average molecular weight is 493 g/mol. The second-order valence-electron chi connectivity index (χ2n) is 9.06. The number of rotatable bonds is 8. The Labute approximate surface area is 209 Å². The van der Waals surface area contributed by atoms with Gasteiger partial charge in [0.25, 0.3) is 5.91 Å². The molecule has 2 saturated carbocycles. The average Bonchev–Trinajstić information content (AvgIpc) is 3.55. The molecule has 1 amide bonds. The Balaban J connectivity index is 1.34. The van der Waals surface area contributed by atoms with Crippen LogP contribution in [0.3, 0.4) is 0 Å². The second kappa shape index (κ2) is 10.5. The number of hydrogen-bond donors (Lipinski definition) is 4. The molecule has 3 aromatic rings. The summed E-state index contributed by atoms with van der Waals surface area (Å²) in [5.41, 5.74) is 2.42. The summed E-state index contributed by atoms with van der Waals surface area (Å²) >= 11 is 5.96. The predicted octanol–water partition coefficient (Wildman–Crippen LogP) is 3.94. The first-order valence-corrected chi connectivity index (χ1v) is 12.4. The number of imidazole rings is 1. The molecule has 0 aliphatic heterocycles. The Morgan fingerprint density at radius 1 is 1.09 bits per heavy atom. The van der Waals surface area contributed by atoms with E-state index in [9.17, 15) is 4.79 Å². The molecule has 0 spiro atoms. The molecule has 2 fully saturated rings. The lowest BCUT2D eigenvalue weighted by Gasteiger charge is -2.29. The van der Waals surface area contributed by atoms with Crippen LogP contribution in [0.2, 0.25) is 5.15 Å². The number of nitrogens with zero attached hydrogens (tertiary/aromatic N) is 4. The molecule has 2 aliphatic rings. The van der Waals surface area contributed by atoms with Crippen LogP contribution in [-0.2, 0) is 0 Å². The molecule has 0 saturated heterocycles. The number of amides is 1. The minimum absolute atomic E-state index is 0.310. The van der Waals surface area contributed by atoms with Crippen molar-refractivity contribution in [3.05, 3.63) is 41.4 Å². The highest BCUT2D eigenvalue weighted by molar-refractivity contribution is 6.29. The van der Waals surface area contributed by atoms with Gasteiger partial charge in [-0.1, -0.05) is 17.5 Å². The van der Waals surface area contributed by atoms with Crippen LogP contribution in [-0.4, -0.2) is 50.2 Å². The Morgan fingerprint density at radius 2 is 1.83 bits per heavy atom. The molecule has 0 bridgehead atoms. The van der Waals surface area contributed by atoms with E-state index in [-0.39, 0.29) is 5.91 Å². The number of aromatic nitrogens is 4. The van der Waals surface area contributed by atoms with Gasteiger partial charge in [0.05, 0.1) is 18.4 Å². The summed E-state index contributed by atoms with van der Waals surface area (Å²) in [4.78, 5) is 21.5. The summed E-state index contributed by atoms with van der Waals surface area (Å²) in [6, 6.07) is 6.56. The quantitative estimate of drug-likeness (QED) is 0.278. The zero-order valence-electron chi connectivity index (χ0n) is 19.6. The van der Waals surface area contributed by atoms with Gasteiger partial charge >= 0.3 is 0 Å². The Morgan fingerprint density at radius 3 is 2.57 bits per heavy atom. The van der Waals surface area contributed by atoms with Gasteiger partial charge in [0, 0.05) is 36.1 Å². The van der Waals surface area contributed by atoms with E-state index in [2.05, 4.69) is 43.1 Å². The molecule has 10 heteroatoms. The number of nitrogens with one attached hydrogen (secondary N) is 4. The first-order valence-electron chi connectivity index (χ1n) is 12.1. The molecule has 182 valence electrons. The minimum atomic E-state index is -0.316. The monoisotopic (exact) mass is 492 g/mol. The van der Waals surface area contributed by atoms with Crippen LogP contribution in [0, 0.1) is 11.8 Å².